The second kappa shape index (κ2) is 3.26. The van der Waals surface area contributed by atoms with Crippen LogP contribution in [0.5, 0.6) is 0 Å². The van der Waals surface area contributed by atoms with Gasteiger partial charge in [-0.2, -0.15) is 0 Å². The summed E-state index contributed by atoms with van der Waals surface area (Å²) in [6.07, 6.45) is -0.968. The first-order valence-corrected chi connectivity index (χ1v) is 2.17. The average Bonchev–Trinajstić information content (AvgIpc) is 1.61. The molecule has 0 heterocycles. The van der Waals surface area contributed by atoms with Crippen LogP contribution in [0.15, 0.2) is 5.16 Å². The van der Waals surface area contributed by atoms with Gasteiger partial charge in [-0.3, -0.25) is 4.84 Å². The van der Waals surface area contributed by atoms with Crippen LogP contribution in [0.25, 0.3) is 0 Å². The molecule has 0 aromatic rings. The third-order valence-corrected chi connectivity index (χ3v) is 0.330. The highest BCUT2D eigenvalue weighted by molar-refractivity contribution is 6.64. The normalized spacial score (nSPS) is 11.0. The minimum atomic E-state index is -0.968. The minimum Gasteiger partial charge on any atom is -0.333 e. The standard InChI is InChI=1S/C3H5ClN2O2/c1-2(4)6-8-3(5)7/h1H3,(H2,5,7)/b6-2+. The number of halogens is 1. The number of carbonyl (C=O) groups is 1. The minimum absolute atomic E-state index is 0.129. The van der Waals surface area contributed by atoms with Crippen LogP contribution in [0.4, 0.5) is 4.79 Å². The molecule has 0 unspecified atom stereocenters. The Hall–Kier alpha value is -0.770. The van der Waals surface area contributed by atoms with Crippen LogP contribution >= 0.6 is 11.6 Å². The van der Waals surface area contributed by atoms with Crippen molar-refractivity contribution in [2.24, 2.45) is 10.9 Å². The molecule has 4 nitrogen and oxygen atoms in total. The summed E-state index contributed by atoms with van der Waals surface area (Å²) in [7, 11) is 0. The third kappa shape index (κ3) is 5.23. The zero-order valence-corrected chi connectivity index (χ0v) is 4.97. The van der Waals surface area contributed by atoms with Crippen LogP contribution < -0.4 is 5.73 Å². The van der Waals surface area contributed by atoms with Crippen LogP contribution in [0.3, 0.4) is 0 Å². The predicted octanol–water partition coefficient (Wildman–Crippen LogP) is 0.654. The first-order valence-electron chi connectivity index (χ1n) is 1.79. The number of oxime groups is 1. The first-order chi connectivity index (χ1) is 3.63. The van der Waals surface area contributed by atoms with Gasteiger partial charge in [0, 0.05) is 0 Å². The van der Waals surface area contributed by atoms with E-state index in [-0.39, 0.29) is 5.17 Å². The molecule has 0 atom stereocenters. The van der Waals surface area contributed by atoms with E-state index >= 15 is 0 Å². The number of amides is 1. The highest BCUT2D eigenvalue weighted by atomic mass is 35.5. The maximum absolute atomic E-state index is 9.74. The molecule has 0 aliphatic heterocycles. The zero-order chi connectivity index (χ0) is 6.57. The van der Waals surface area contributed by atoms with E-state index in [1.807, 2.05) is 0 Å². The van der Waals surface area contributed by atoms with Gasteiger partial charge < -0.3 is 5.73 Å². The van der Waals surface area contributed by atoms with Crippen molar-refractivity contribution in [2.45, 2.75) is 6.92 Å². The first kappa shape index (κ1) is 7.23. The van der Waals surface area contributed by atoms with Gasteiger partial charge in [0.25, 0.3) is 0 Å². The Bertz CT molecular complexity index is 118. The van der Waals surface area contributed by atoms with E-state index in [0.29, 0.717) is 0 Å². The Morgan fingerprint density at radius 2 is 2.38 bits per heavy atom. The maximum atomic E-state index is 9.74. The molecule has 0 radical (unpaired) electrons. The number of primary amides is 1. The van der Waals surface area contributed by atoms with Gasteiger partial charge in [-0.05, 0) is 6.92 Å². The Kier molecular flexibility index (Phi) is 2.95. The molecule has 46 valence electrons. The van der Waals surface area contributed by atoms with Crippen molar-refractivity contribution in [3.8, 4) is 0 Å². The smallest absolute Gasteiger partial charge is 0.333 e. The topological polar surface area (TPSA) is 64.7 Å². The average molecular weight is 137 g/mol. The predicted molar refractivity (Wildman–Crippen MR) is 29.6 cm³/mol. The Morgan fingerprint density at radius 3 is 2.50 bits per heavy atom. The van der Waals surface area contributed by atoms with Gasteiger partial charge in [-0.1, -0.05) is 16.8 Å². The number of nitrogens with zero attached hydrogens (tertiary/aromatic N) is 1. The molecule has 0 saturated carbocycles. The fraction of sp³-hybridized carbons (Fsp3) is 0.333. The molecule has 2 N–H and O–H groups in total. The van der Waals surface area contributed by atoms with Crippen molar-refractivity contribution in [3.05, 3.63) is 0 Å². The molecule has 5 heteroatoms. The molecule has 0 aromatic heterocycles. The molecule has 0 aliphatic carbocycles. The molecular formula is C3H5ClN2O2. The molecule has 0 bridgehead atoms. The molecule has 0 fully saturated rings. The highest BCUT2D eigenvalue weighted by Crippen LogP contribution is 1.83. The van der Waals surface area contributed by atoms with E-state index in [9.17, 15) is 4.79 Å². The lowest BCUT2D eigenvalue weighted by atomic mass is 10.9. The number of hydrogen-bond donors (Lipinski definition) is 1. The van der Waals surface area contributed by atoms with Gasteiger partial charge in [0.2, 0.25) is 0 Å². The van der Waals surface area contributed by atoms with Gasteiger partial charge in [0.05, 0.1) is 0 Å². The fourth-order valence-corrected chi connectivity index (χ4v) is 0.142. The molecule has 0 rings (SSSR count). The summed E-state index contributed by atoms with van der Waals surface area (Å²) in [5.41, 5.74) is 4.51. The summed E-state index contributed by atoms with van der Waals surface area (Å²) in [5, 5.41) is 3.16. The number of nitrogens with two attached hydrogens (primary N) is 1. The molecule has 0 saturated heterocycles. The van der Waals surface area contributed by atoms with Gasteiger partial charge in [-0.25, -0.2) is 4.79 Å². The van der Waals surface area contributed by atoms with Crippen LogP contribution in [0, 0.1) is 0 Å². The molecule has 1 amide bonds. The van der Waals surface area contributed by atoms with E-state index in [1.54, 1.807) is 0 Å². The second-order valence-electron chi connectivity index (χ2n) is 0.999. The van der Waals surface area contributed by atoms with Crippen LogP contribution in [0.1, 0.15) is 6.92 Å². The summed E-state index contributed by atoms with van der Waals surface area (Å²) in [5.74, 6) is 0. The summed E-state index contributed by atoms with van der Waals surface area (Å²) in [6.45, 7) is 1.46. The van der Waals surface area contributed by atoms with Crippen molar-refractivity contribution in [1.29, 1.82) is 0 Å². The van der Waals surface area contributed by atoms with Crippen molar-refractivity contribution < 1.29 is 9.63 Å². The van der Waals surface area contributed by atoms with E-state index in [2.05, 4.69) is 15.7 Å². The maximum Gasteiger partial charge on any atom is 0.430 e. The Balaban J connectivity index is 3.45. The van der Waals surface area contributed by atoms with Crippen molar-refractivity contribution in [2.75, 3.05) is 0 Å². The van der Waals surface area contributed by atoms with E-state index < -0.39 is 6.09 Å². The monoisotopic (exact) mass is 136 g/mol. The Morgan fingerprint density at radius 1 is 1.88 bits per heavy atom. The fourth-order valence-electron chi connectivity index (χ4n) is 0.108. The molecular weight excluding hydrogens is 131 g/mol. The quantitative estimate of drug-likeness (QED) is 0.327. The number of hydrogen-bond acceptors (Lipinski definition) is 3. The lowest BCUT2D eigenvalue weighted by molar-refractivity contribution is 0.162. The van der Waals surface area contributed by atoms with Crippen LogP contribution in [0.2, 0.25) is 0 Å². The third-order valence-electron chi connectivity index (χ3n) is 0.261. The molecule has 0 aliphatic rings. The van der Waals surface area contributed by atoms with E-state index in [1.165, 1.54) is 6.92 Å². The molecule has 8 heavy (non-hydrogen) atoms. The summed E-state index contributed by atoms with van der Waals surface area (Å²) in [4.78, 5) is 13.6. The SMILES string of the molecule is C/C(Cl)=N\OC(N)=O. The Labute approximate surface area is 51.2 Å². The number of rotatable bonds is 1. The summed E-state index contributed by atoms with van der Waals surface area (Å²) < 4.78 is 0. The van der Waals surface area contributed by atoms with E-state index in [0.717, 1.165) is 0 Å². The summed E-state index contributed by atoms with van der Waals surface area (Å²) >= 11 is 5.14. The summed E-state index contributed by atoms with van der Waals surface area (Å²) in [6, 6.07) is 0. The largest absolute Gasteiger partial charge is 0.430 e. The van der Waals surface area contributed by atoms with Gasteiger partial charge in [0.15, 0.2) is 0 Å². The number of carbonyl (C=O) groups excluding carboxylic acids is 1. The molecule has 0 spiro atoms. The van der Waals surface area contributed by atoms with Crippen LogP contribution in [-0.2, 0) is 4.84 Å². The lowest BCUT2D eigenvalue weighted by Crippen LogP contribution is -2.09. The van der Waals surface area contributed by atoms with Gasteiger partial charge in [-0.15, -0.1) is 0 Å². The van der Waals surface area contributed by atoms with Crippen molar-refractivity contribution >= 4 is 22.9 Å². The molecule has 0 aromatic carbocycles. The van der Waals surface area contributed by atoms with Crippen LogP contribution in [-0.4, -0.2) is 11.3 Å². The van der Waals surface area contributed by atoms with Crippen molar-refractivity contribution in [3.63, 3.8) is 0 Å². The van der Waals surface area contributed by atoms with Gasteiger partial charge >= 0.3 is 6.09 Å². The zero-order valence-electron chi connectivity index (χ0n) is 4.22. The highest BCUT2D eigenvalue weighted by Gasteiger charge is 1.88. The lowest BCUT2D eigenvalue weighted by Gasteiger charge is -1.86. The van der Waals surface area contributed by atoms with Crippen molar-refractivity contribution in [1.82, 2.24) is 0 Å². The van der Waals surface area contributed by atoms with E-state index in [4.69, 9.17) is 11.6 Å². The second-order valence-corrected chi connectivity index (χ2v) is 1.55. The van der Waals surface area contributed by atoms with Gasteiger partial charge in [0.1, 0.15) is 5.17 Å².